The molecule has 0 aliphatic heterocycles. The summed E-state index contributed by atoms with van der Waals surface area (Å²) in [7, 11) is 0. The summed E-state index contributed by atoms with van der Waals surface area (Å²) >= 11 is 0. The third-order valence-corrected chi connectivity index (χ3v) is 3.49. The molecule has 0 N–H and O–H groups in total. The van der Waals surface area contributed by atoms with E-state index in [2.05, 4.69) is 6.92 Å². The van der Waals surface area contributed by atoms with Crippen molar-refractivity contribution in [2.24, 2.45) is 11.8 Å². The number of carbonyl (C=O) groups excluding carboxylic acids is 1. The Morgan fingerprint density at radius 1 is 1.27 bits per heavy atom. The van der Waals surface area contributed by atoms with Crippen LogP contribution in [0.1, 0.15) is 53.4 Å². The highest BCUT2D eigenvalue weighted by Crippen LogP contribution is 2.32. The number of hydrogen-bond donors (Lipinski definition) is 0. The Kier molecular flexibility index (Phi) is 4.32. The SMILES string of the molecule is CCOC(C)(C)C(=O)C1CCC(C)CC1. The van der Waals surface area contributed by atoms with E-state index in [-0.39, 0.29) is 5.92 Å². The van der Waals surface area contributed by atoms with Crippen LogP contribution in [0.3, 0.4) is 0 Å². The predicted molar refractivity (Wildman–Crippen MR) is 61.8 cm³/mol. The third kappa shape index (κ3) is 3.30. The molecule has 2 heteroatoms. The average molecular weight is 212 g/mol. The molecule has 0 aromatic carbocycles. The minimum atomic E-state index is -0.583. The molecule has 0 saturated heterocycles. The van der Waals surface area contributed by atoms with Crippen LogP contribution in [-0.4, -0.2) is 18.0 Å². The van der Waals surface area contributed by atoms with Gasteiger partial charge in [-0.05, 0) is 39.5 Å². The summed E-state index contributed by atoms with van der Waals surface area (Å²) < 4.78 is 5.52. The van der Waals surface area contributed by atoms with E-state index in [0.717, 1.165) is 18.8 Å². The van der Waals surface area contributed by atoms with Gasteiger partial charge in [0.25, 0.3) is 0 Å². The van der Waals surface area contributed by atoms with Crippen molar-refractivity contribution in [2.45, 2.75) is 59.0 Å². The average Bonchev–Trinajstić information content (AvgIpc) is 2.18. The topological polar surface area (TPSA) is 26.3 Å². The molecule has 0 bridgehead atoms. The molecule has 1 rings (SSSR count). The molecule has 0 aromatic rings. The second-order valence-corrected chi connectivity index (χ2v) is 5.26. The van der Waals surface area contributed by atoms with Crippen LogP contribution in [0, 0.1) is 11.8 Å². The summed E-state index contributed by atoms with van der Waals surface area (Å²) in [5, 5.41) is 0. The smallest absolute Gasteiger partial charge is 0.167 e. The number of ether oxygens (including phenoxy) is 1. The van der Waals surface area contributed by atoms with Crippen LogP contribution >= 0.6 is 0 Å². The number of Topliss-reactive ketones (excluding diaryl/α,β-unsaturated/α-hetero) is 1. The van der Waals surface area contributed by atoms with Crippen molar-refractivity contribution in [3.63, 3.8) is 0 Å². The number of rotatable bonds is 4. The summed E-state index contributed by atoms with van der Waals surface area (Å²) in [5.41, 5.74) is -0.583. The maximum atomic E-state index is 12.2. The lowest BCUT2D eigenvalue weighted by atomic mass is 9.77. The van der Waals surface area contributed by atoms with Crippen molar-refractivity contribution in [3.8, 4) is 0 Å². The molecule has 1 saturated carbocycles. The fourth-order valence-corrected chi connectivity index (χ4v) is 2.45. The van der Waals surface area contributed by atoms with Crippen LogP contribution in [-0.2, 0) is 9.53 Å². The summed E-state index contributed by atoms with van der Waals surface area (Å²) in [5.74, 6) is 1.34. The van der Waals surface area contributed by atoms with E-state index in [1.165, 1.54) is 12.8 Å². The summed E-state index contributed by atoms with van der Waals surface area (Å²) in [6.45, 7) is 8.63. The minimum Gasteiger partial charge on any atom is -0.368 e. The largest absolute Gasteiger partial charge is 0.368 e. The fourth-order valence-electron chi connectivity index (χ4n) is 2.45. The minimum absolute atomic E-state index is 0.239. The van der Waals surface area contributed by atoms with E-state index in [0.29, 0.717) is 12.4 Å². The van der Waals surface area contributed by atoms with Crippen molar-refractivity contribution in [2.75, 3.05) is 6.61 Å². The molecule has 0 aromatic heterocycles. The predicted octanol–water partition coefficient (Wildman–Crippen LogP) is 3.20. The van der Waals surface area contributed by atoms with Gasteiger partial charge in [0.05, 0.1) is 0 Å². The monoisotopic (exact) mass is 212 g/mol. The second kappa shape index (κ2) is 5.11. The molecule has 1 aliphatic rings. The molecule has 88 valence electrons. The van der Waals surface area contributed by atoms with E-state index in [4.69, 9.17) is 4.74 Å². The van der Waals surface area contributed by atoms with E-state index in [1.807, 2.05) is 20.8 Å². The second-order valence-electron chi connectivity index (χ2n) is 5.26. The molecule has 0 amide bonds. The first-order valence-electron chi connectivity index (χ1n) is 6.15. The molecule has 15 heavy (non-hydrogen) atoms. The quantitative estimate of drug-likeness (QED) is 0.715. The lowest BCUT2D eigenvalue weighted by Crippen LogP contribution is -2.40. The molecule has 1 aliphatic carbocycles. The van der Waals surface area contributed by atoms with Gasteiger partial charge in [-0.1, -0.05) is 19.8 Å². The summed E-state index contributed by atoms with van der Waals surface area (Å²) in [6, 6.07) is 0. The zero-order chi connectivity index (χ0) is 11.5. The fraction of sp³-hybridized carbons (Fsp3) is 0.923. The van der Waals surface area contributed by atoms with Crippen LogP contribution in [0.15, 0.2) is 0 Å². The lowest BCUT2D eigenvalue weighted by molar-refractivity contribution is -0.145. The van der Waals surface area contributed by atoms with Crippen molar-refractivity contribution < 1.29 is 9.53 Å². The zero-order valence-electron chi connectivity index (χ0n) is 10.5. The maximum Gasteiger partial charge on any atom is 0.167 e. The van der Waals surface area contributed by atoms with E-state index in [1.54, 1.807) is 0 Å². The maximum absolute atomic E-state index is 12.2. The van der Waals surface area contributed by atoms with Gasteiger partial charge in [0.1, 0.15) is 5.60 Å². The normalized spacial score (nSPS) is 27.7. The van der Waals surface area contributed by atoms with Crippen molar-refractivity contribution in [1.82, 2.24) is 0 Å². The van der Waals surface area contributed by atoms with Gasteiger partial charge in [-0.3, -0.25) is 4.79 Å². The van der Waals surface area contributed by atoms with Crippen LogP contribution in [0.2, 0.25) is 0 Å². The van der Waals surface area contributed by atoms with Crippen LogP contribution in [0.5, 0.6) is 0 Å². The Labute approximate surface area is 93.4 Å². The first kappa shape index (κ1) is 12.7. The molecular formula is C13H24O2. The number of ketones is 1. The van der Waals surface area contributed by atoms with E-state index in [9.17, 15) is 4.79 Å². The van der Waals surface area contributed by atoms with E-state index >= 15 is 0 Å². The third-order valence-electron chi connectivity index (χ3n) is 3.49. The number of carbonyl (C=O) groups is 1. The molecule has 0 atom stereocenters. The molecule has 0 unspecified atom stereocenters. The summed E-state index contributed by atoms with van der Waals surface area (Å²) in [6.07, 6.45) is 4.49. The Balaban J connectivity index is 2.53. The molecular weight excluding hydrogens is 188 g/mol. The van der Waals surface area contributed by atoms with E-state index < -0.39 is 5.60 Å². The Morgan fingerprint density at radius 3 is 2.27 bits per heavy atom. The Morgan fingerprint density at radius 2 is 1.80 bits per heavy atom. The Hall–Kier alpha value is -0.370. The first-order valence-corrected chi connectivity index (χ1v) is 6.15. The van der Waals surface area contributed by atoms with Gasteiger partial charge in [-0.25, -0.2) is 0 Å². The molecule has 1 fully saturated rings. The van der Waals surface area contributed by atoms with Crippen LogP contribution in [0.4, 0.5) is 0 Å². The molecule has 2 nitrogen and oxygen atoms in total. The van der Waals surface area contributed by atoms with Gasteiger partial charge in [0.2, 0.25) is 0 Å². The van der Waals surface area contributed by atoms with Gasteiger partial charge in [0.15, 0.2) is 5.78 Å². The van der Waals surface area contributed by atoms with Crippen molar-refractivity contribution in [1.29, 1.82) is 0 Å². The molecule has 0 heterocycles. The van der Waals surface area contributed by atoms with Gasteiger partial charge in [-0.15, -0.1) is 0 Å². The van der Waals surface area contributed by atoms with Gasteiger partial charge >= 0.3 is 0 Å². The van der Waals surface area contributed by atoms with Crippen LogP contribution in [0.25, 0.3) is 0 Å². The van der Waals surface area contributed by atoms with Gasteiger partial charge < -0.3 is 4.74 Å². The summed E-state index contributed by atoms with van der Waals surface area (Å²) in [4.78, 5) is 12.2. The van der Waals surface area contributed by atoms with Crippen molar-refractivity contribution >= 4 is 5.78 Å². The molecule has 0 radical (unpaired) electrons. The molecule has 0 spiro atoms. The van der Waals surface area contributed by atoms with Gasteiger partial charge in [0, 0.05) is 12.5 Å². The van der Waals surface area contributed by atoms with Gasteiger partial charge in [-0.2, -0.15) is 0 Å². The zero-order valence-corrected chi connectivity index (χ0v) is 10.5. The highest BCUT2D eigenvalue weighted by molar-refractivity contribution is 5.88. The lowest BCUT2D eigenvalue weighted by Gasteiger charge is -2.32. The van der Waals surface area contributed by atoms with Crippen LogP contribution < -0.4 is 0 Å². The first-order chi connectivity index (χ1) is 6.97. The number of hydrogen-bond acceptors (Lipinski definition) is 2. The van der Waals surface area contributed by atoms with Crippen molar-refractivity contribution in [3.05, 3.63) is 0 Å². The Bertz CT molecular complexity index is 213. The standard InChI is InChI=1S/C13H24O2/c1-5-15-13(3,4)12(14)11-8-6-10(2)7-9-11/h10-11H,5-9H2,1-4H3. The highest BCUT2D eigenvalue weighted by atomic mass is 16.5. The highest BCUT2D eigenvalue weighted by Gasteiger charge is 2.35.